The number of amides is 1. The third-order valence-electron chi connectivity index (χ3n) is 9.05. The third kappa shape index (κ3) is 4.02. The lowest BCUT2D eigenvalue weighted by atomic mass is 9.52. The molecule has 0 aliphatic heterocycles. The summed E-state index contributed by atoms with van der Waals surface area (Å²) >= 11 is 0. The lowest BCUT2D eigenvalue weighted by Gasteiger charge is -2.52. The zero-order chi connectivity index (χ0) is 30.1. The Morgan fingerprint density at radius 2 is 1.68 bits per heavy atom. The van der Waals surface area contributed by atoms with E-state index in [2.05, 4.69) is 0 Å². The van der Waals surface area contributed by atoms with Gasteiger partial charge in [-0.2, -0.15) is 0 Å². The smallest absolute Gasteiger partial charge is 0.235 e. The highest BCUT2D eigenvalue weighted by Crippen LogP contribution is 2.52. The molecular formula is C30H34N4O7. The van der Waals surface area contributed by atoms with Gasteiger partial charge in [0.2, 0.25) is 5.91 Å². The number of nitrogens with two attached hydrogens (primary N) is 2. The van der Waals surface area contributed by atoms with Crippen molar-refractivity contribution in [2.45, 2.75) is 31.0 Å². The molecule has 11 nitrogen and oxygen atoms in total. The minimum Gasteiger partial charge on any atom is -0.507 e. The standard InChI is InChI=1S/C30H34N4O7/c1-33(2)16-7-5-13(6-8-16)17-10-15(12-31)24(35)21-18(17)9-14-11-19-23(34(3)4)26(37)22(29(32)40)28(39)30(19,41)27(38)20(14)25(21)36/h5-8,10,14,19-20,22-23,35,41H,9,11-12,31H2,1-4H3,(H2,32,40)/t14-,19-,20?,22?,23-,30-/m0/s1. The topological polar surface area (TPSA) is 184 Å². The highest BCUT2D eigenvalue weighted by atomic mass is 16.3. The monoisotopic (exact) mass is 562 g/mol. The molecule has 5 rings (SSSR count). The SMILES string of the molecule is CN(C)c1ccc(-c2cc(CN)c(O)c3c2C[C@H]2C[C@H]4[C@H](N(C)C)C(=O)C(C(N)=O)C(=O)[C@@]4(O)C(=O)C2C3=O)cc1. The van der Waals surface area contributed by atoms with Gasteiger partial charge in [0.05, 0.1) is 17.5 Å². The quantitative estimate of drug-likeness (QED) is 0.363. The van der Waals surface area contributed by atoms with Gasteiger partial charge in [0.25, 0.3) is 0 Å². The highest BCUT2D eigenvalue weighted by molar-refractivity contribution is 6.32. The Morgan fingerprint density at radius 1 is 1.05 bits per heavy atom. The van der Waals surface area contributed by atoms with E-state index in [9.17, 15) is 34.2 Å². The van der Waals surface area contributed by atoms with E-state index in [0.29, 0.717) is 16.7 Å². The maximum atomic E-state index is 14.1. The Kier molecular flexibility index (Phi) is 6.88. The van der Waals surface area contributed by atoms with Crippen molar-refractivity contribution in [2.24, 2.45) is 35.1 Å². The Hall–Kier alpha value is -3.93. The van der Waals surface area contributed by atoms with E-state index in [1.54, 1.807) is 20.2 Å². The van der Waals surface area contributed by atoms with Crippen LogP contribution in [0.5, 0.6) is 5.75 Å². The molecule has 0 saturated heterocycles. The van der Waals surface area contributed by atoms with Crippen LogP contribution in [0.25, 0.3) is 11.1 Å². The fraction of sp³-hybridized carbons (Fsp3) is 0.433. The first kappa shape index (κ1) is 28.6. The van der Waals surface area contributed by atoms with E-state index in [0.717, 1.165) is 11.3 Å². The van der Waals surface area contributed by atoms with Crippen LogP contribution in [-0.2, 0) is 32.1 Å². The summed E-state index contributed by atoms with van der Waals surface area (Å²) in [6.07, 6.45) is 0.164. The number of fused-ring (bicyclic) bond motifs is 3. The van der Waals surface area contributed by atoms with Crippen molar-refractivity contribution in [2.75, 3.05) is 33.1 Å². The normalized spacial score (nSPS) is 29.2. The first-order valence-electron chi connectivity index (χ1n) is 13.5. The number of aromatic hydroxyl groups is 1. The molecule has 0 spiro atoms. The van der Waals surface area contributed by atoms with Crippen molar-refractivity contribution in [3.63, 3.8) is 0 Å². The third-order valence-corrected chi connectivity index (χ3v) is 9.05. The first-order chi connectivity index (χ1) is 19.2. The molecule has 2 saturated carbocycles. The van der Waals surface area contributed by atoms with Gasteiger partial charge in [-0.1, -0.05) is 12.1 Å². The van der Waals surface area contributed by atoms with E-state index < -0.39 is 64.4 Å². The first-order valence-corrected chi connectivity index (χ1v) is 13.5. The van der Waals surface area contributed by atoms with Gasteiger partial charge in [-0.25, -0.2) is 0 Å². The van der Waals surface area contributed by atoms with E-state index in [4.69, 9.17) is 11.5 Å². The minimum absolute atomic E-state index is 0.0116. The molecule has 2 unspecified atom stereocenters. The van der Waals surface area contributed by atoms with Crippen molar-refractivity contribution in [3.05, 3.63) is 47.0 Å². The van der Waals surface area contributed by atoms with Gasteiger partial charge in [-0.3, -0.25) is 28.9 Å². The zero-order valence-electron chi connectivity index (χ0n) is 23.4. The molecule has 1 amide bonds. The lowest BCUT2D eigenvalue weighted by Crippen LogP contribution is -2.74. The van der Waals surface area contributed by atoms with Crippen molar-refractivity contribution in [1.82, 2.24) is 4.90 Å². The van der Waals surface area contributed by atoms with Crippen molar-refractivity contribution >= 4 is 34.7 Å². The van der Waals surface area contributed by atoms with Gasteiger partial charge in [-0.15, -0.1) is 0 Å². The number of carbonyl (C=O) groups excluding carboxylic acids is 5. The van der Waals surface area contributed by atoms with Crippen LogP contribution in [-0.4, -0.2) is 84.0 Å². The van der Waals surface area contributed by atoms with Crippen LogP contribution in [0.2, 0.25) is 0 Å². The summed E-state index contributed by atoms with van der Waals surface area (Å²) in [5.74, 6) is -10.8. The fourth-order valence-electron chi connectivity index (χ4n) is 7.08. The Bertz CT molecular complexity index is 1500. The highest BCUT2D eigenvalue weighted by Gasteiger charge is 2.69. The van der Waals surface area contributed by atoms with Crippen LogP contribution in [0.1, 0.15) is 27.9 Å². The van der Waals surface area contributed by atoms with Gasteiger partial charge in [-0.05, 0) is 67.7 Å². The van der Waals surface area contributed by atoms with Gasteiger partial charge < -0.3 is 26.6 Å². The number of hydrogen-bond acceptors (Lipinski definition) is 10. The number of aliphatic hydroxyl groups is 1. The lowest BCUT2D eigenvalue weighted by molar-refractivity contribution is -0.181. The summed E-state index contributed by atoms with van der Waals surface area (Å²) in [4.78, 5) is 70.4. The van der Waals surface area contributed by atoms with E-state index in [1.807, 2.05) is 43.3 Å². The molecule has 3 aliphatic rings. The number of likely N-dealkylation sites (N-methyl/N-ethyl adjacent to an activating group) is 1. The molecule has 2 aromatic carbocycles. The number of carbonyl (C=O) groups is 5. The van der Waals surface area contributed by atoms with Crippen LogP contribution in [0.15, 0.2) is 30.3 Å². The molecular weight excluding hydrogens is 528 g/mol. The second-order valence-corrected chi connectivity index (χ2v) is 11.7. The van der Waals surface area contributed by atoms with Crippen molar-refractivity contribution < 1.29 is 34.2 Å². The number of Topliss-reactive ketones (excluding diaryl/α,β-unsaturated/α-hetero) is 4. The number of primary amides is 1. The molecule has 0 radical (unpaired) electrons. The summed E-state index contributed by atoms with van der Waals surface area (Å²) in [5, 5.41) is 22.9. The number of rotatable bonds is 5. The van der Waals surface area contributed by atoms with Crippen LogP contribution < -0.4 is 16.4 Å². The number of anilines is 1. The molecule has 0 heterocycles. The molecule has 216 valence electrons. The van der Waals surface area contributed by atoms with Gasteiger partial charge in [0.15, 0.2) is 34.7 Å². The predicted octanol–water partition coefficient (Wildman–Crippen LogP) is 0.0587. The molecule has 6 atom stereocenters. The molecule has 41 heavy (non-hydrogen) atoms. The fourth-order valence-corrected chi connectivity index (χ4v) is 7.08. The Balaban J connectivity index is 1.68. The Morgan fingerprint density at radius 3 is 2.22 bits per heavy atom. The summed E-state index contributed by atoms with van der Waals surface area (Å²) < 4.78 is 0. The summed E-state index contributed by atoms with van der Waals surface area (Å²) in [6, 6.07) is 8.22. The van der Waals surface area contributed by atoms with Crippen LogP contribution in [0.3, 0.4) is 0 Å². The maximum absolute atomic E-state index is 14.1. The summed E-state index contributed by atoms with van der Waals surface area (Å²) in [5.41, 5.74) is 11.7. The average Bonchev–Trinajstić information content (AvgIpc) is 2.90. The van der Waals surface area contributed by atoms with Gasteiger partial charge in [0, 0.05) is 37.8 Å². The van der Waals surface area contributed by atoms with Crippen LogP contribution >= 0.6 is 0 Å². The van der Waals surface area contributed by atoms with Crippen molar-refractivity contribution in [3.8, 4) is 16.9 Å². The molecule has 2 fully saturated rings. The van der Waals surface area contributed by atoms with E-state index in [-0.39, 0.29) is 30.7 Å². The number of ketones is 4. The number of phenols is 1. The predicted molar refractivity (Wildman–Crippen MR) is 149 cm³/mol. The van der Waals surface area contributed by atoms with E-state index in [1.165, 1.54) is 4.90 Å². The number of benzene rings is 2. The van der Waals surface area contributed by atoms with Gasteiger partial charge in [0.1, 0.15) is 5.75 Å². The average molecular weight is 563 g/mol. The van der Waals surface area contributed by atoms with E-state index >= 15 is 0 Å². The zero-order valence-corrected chi connectivity index (χ0v) is 23.4. The largest absolute Gasteiger partial charge is 0.507 e. The Labute approximate surface area is 237 Å². The molecule has 2 aromatic rings. The molecule has 3 aliphatic carbocycles. The molecule has 11 heteroatoms. The second-order valence-electron chi connectivity index (χ2n) is 11.7. The second kappa shape index (κ2) is 9.86. The minimum atomic E-state index is -2.76. The van der Waals surface area contributed by atoms with Gasteiger partial charge >= 0.3 is 0 Å². The molecule has 0 bridgehead atoms. The summed E-state index contributed by atoms with van der Waals surface area (Å²) in [6.45, 7) is -0.0748. The number of phenolic OH excluding ortho intramolecular Hbond substituents is 1. The number of hydrogen-bond donors (Lipinski definition) is 4. The van der Waals surface area contributed by atoms with Crippen molar-refractivity contribution in [1.29, 1.82) is 0 Å². The molecule has 6 N–H and O–H groups in total. The van der Waals surface area contributed by atoms with Crippen LogP contribution in [0.4, 0.5) is 5.69 Å². The van der Waals surface area contributed by atoms with Crippen LogP contribution in [0, 0.1) is 23.7 Å². The summed E-state index contributed by atoms with van der Waals surface area (Å²) in [7, 11) is 6.93. The molecule has 0 aromatic heterocycles. The maximum Gasteiger partial charge on any atom is 0.235 e. The number of nitrogens with zero attached hydrogens (tertiary/aromatic N) is 2.